The molecule has 0 unspecified atom stereocenters. The number of nitro benzene ring substituents is 1. The summed E-state index contributed by atoms with van der Waals surface area (Å²) in [6, 6.07) is 2.85. The monoisotopic (exact) mass is 415 g/mol. The van der Waals surface area contributed by atoms with Crippen LogP contribution in [0.25, 0.3) is 0 Å². The minimum absolute atomic E-state index is 0.0301. The first-order valence-electron chi connectivity index (χ1n) is 9.41. The van der Waals surface area contributed by atoms with Gasteiger partial charge in [0.1, 0.15) is 12.2 Å². The van der Waals surface area contributed by atoms with E-state index in [0.29, 0.717) is 18.4 Å². The average Bonchev–Trinajstić information content (AvgIpc) is 2.95. The third-order valence-corrected chi connectivity index (χ3v) is 5.43. The van der Waals surface area contributed by atoms with Crippen LogP contribution in [0.4, 0.5) is 11.4 Å². The minimum Gasteiger partial charge on any atom is -0.454 e. The Bertz CT molecular complexity index is 943. The molecule has 1 N–H and O–H groups in total. The summed E-state index contributed by atoms with van der Waals surface area (Å²) in [7, 11) is 0. The first-order chi connectivity index (χ1) is 14.2. The predicted molar refractivity (Wildman–Crippen MR) is 104 cm³/mol. The van der Waals surface area contributed by atoms with Crippen molar-refractivity contribution in [2.24, 2.45) is 11.8 Å². The second kappa shape index (κ2) is 8.44. The van der Waals surface area contributed by atoms with Crippen LogP contribution in [0.5, 0.6) is 0 Å². The van der Waals surface area contributed by atoms with Crippen molar-refractivity contribution in [1.82, 2.24) is 4.90 Å². The quantitative estimate of drug-likeness (QED) is 0.245. The standard InChI is InChI=1S/C20H21N3O7/c1-11-7-8-15(23(28)29)18(12(11)2)21-16(24)10-30-17(25)9-22-19(26)13-5-3-4-6-14(13)20(22)27/h3-4,7-8,13-14H,5-6,9-10H2,1-2H3,(H,21,24)/t13-,14-/m0/s1. The van der Waals surface area contributed by atoms with Gasteiger partial charge in [-0.25, -0.2) is 0 Å². The molecule has 1 saturated heterocycles. The molecule has 1 heterocycles. The third kappa shape index (κ3) is 4.07. The van der Waals surface area contributed by atoms with E-state index in [1.807, 2.05) is 12.2 Å². The molecule has 2 atom stereocenters. The fourth-order valence-corrected chi connectivity index (χ4v) is 3.63. The maximum absolute atomic E-state index is 12.4. The number of fused-ring (bicyclic) bond motifs is 1. The zero-order chi connectivity index (χ0) is 22.0. The number of nitrogens with one attached hydrogen (secondary N) is 1. The molecular weight excluding hydrogens is 394 g/mol. The first kappa shape index (κ1) is 21.2. The number of esters is 1. The van der Waals surface area contributed by atoms with Crippen LogP contribution in [0.3, 0.4) is 0 Å². The van der Waals surface area contributed by atoms with Crippen LogP contribution in [0, 0.1) is 35.8 Å². The number of rotatable bonds is 6. The van der Waals surface area contributed by atoms with Crippen LogP contribution in [0.1, 0.15) is 24.0 Å². The lowest BCUT2D eigenvalue weighted by molar-refractivity contribution is -0.384. The summed E-state index contributed by atoms with van der Waals surface area (Å²) >= 11 is 0. The number of hydrogen-bond acceptors (Lipinski definition) is 7. The van der Waals surface area contributed by atoms with Gasteiger partial charge in [0, 0.05) is 6.07 Å². The second-order valence-electron chi connectivity index (χ2n) is 7.29. The Kier molecular flexibility index (Phi) is 5.95. The van der Waals surface area contributed by atoms with Crippen molar-refractivity contribution in [3.8, 4) is 0 Å². The summed E-state index contributed by atoms with van der Waals surface area (Å²) in [5.41, 5.74) is 1.02. The van der Waals surface area contributed by atoms with E-state index in [-0.39, 0.29) is 11.4 Å². The third-order valence-electron chi connectivity index (χ3n) is 5.43. The van der Waals surface area contributed by atoms with Crippen LogP contribution >= 0.6 is 0 Å². The summed E-state index contributed by atoms with van der Waals surface area (Å²) < 4.78 is 4.88. The van der Waals surface area contributed by atoms with Gasteiger partial charge in [-0.2, -0.15) is 0 Å². The van der Waals surface area contributed by atoms with Crippen LogP contribution in [0.2, 0.25) is 0 Å². The summed E-state index contributed by atoms with van der Waals surface area (Å²) in [4.78, 5) is 60.4. The Balaban J connectivity index is 1.58. The number of nitro groups is 1. The molecule has 1 aromatic carbocycles. The first-order valence-corrected chi connectivity index (χ1v) is 9.41. The van der Waals surface area contributed by atoms with Crippen LogP contribution in [-0.2, 0) is 23.9 Å². The van der Waals surface area contributed by atoms with Gasteiger partial charge in [-0.15, -0.1) is 0 Å². The van der Waals surface area contributed by atoms with Gasteiger partial charge in [-0.05, 0) is 37.8 Å². The highest BCUT2D eigenvalue weighted by Gasteiger charge is 2.47. The fourth-order valence-electron chi connectivity index (χ4n) is 3.63. The van der Waals surface area contributed by atoms with Gasteiger partial charge in [0.2, 0.25) is 11.8 Å². The molecule has 3 amide bonds. The van der Waals surface area contributed by atoms with E-state index in [2.05, 4.69) is 5.32 Å². The number of imide groups is 1. The number of amides is 3. The highest BCUT2D eigenvalue weighted by molar-refractivity contribution is 6.07. The SMILES string of the molecule is Cc1ccc([N+](=O)[O-])c(NC(=O)COC(=O)CN2C(=O)[C@H]3CC=CC[C@@H]3C2=O)c1C. The van der Waals surface area contributed by atoms with E-state index >= 15 is 0 Å². The zero-order valence-corrected chi connectivity index (χ0v) is 16.5. The lowest BCUT2D eigenvalue weighted by Crippen LogP contribution is -2.37. The number of carbonyl (C=O) groups excluding carboxylic acids is 4. The number of benzene rings is 1. The van der Waals surface area contributed by atoms with E-state index < -0.39 is 53.6 Å². The molecule has 2 aliphatic rings. The van der Waals surface area contributed by atoms with Crippen LogP contribution < -0.4 is 5.32 Å². The molecule has 30 heavy (non-hydrogen) atoms. The summed E-state index contributed by atoms with van der Waals surface area (Å²) in [6.45, 7) is 2.10. The molecule has 158 valence electrons. The molecule has 0 saturated carbocycles. The molecule has 0 radical (unpaired) electrons. The molecule has 0 bridgehead atoms. The molecule has 10 heteroatoms. The normalized spacial score (nSPS) is 20.1. The second-order valence-corrected chi connectivity index (χ2v) is 7.29. The molecule has 10 nitrogen and oxygen atoms in total. The van der Waals surface area contributed by atoms with Crippen molar-refractivity contribution in [2.75, 3.05) is 18.5 Å². The number of hydrogen-bond donors (Lipinski definition) is 1. The number of allylic oxidation sites excluding steroid dienone is 2. The highest BCUT2D eigenvalue weighted by atomic mass is 16.6. The number of carbonyl (C=O) groups is 4. The molecule has 1 aliphatic heterocycles. The summed E-state index contributed by atoms with van der Waals surface area (Å²) in [5, 5.41) is 13.6. The average molecular weight is 415 g/mol. The van der Waals surface area contributed by atoms with Gasteiger partial charge in [0.15, 0.2) is 6.61 Å². The van der Waals surface area contributed by atoms with E-state index in [1.54, 1.807) is 19.9 Å². The van der Waals surface area contributed by atoms with Gasteiger partial charge < -0.3 is 10.1 Å². The Morgan fingerprint density at radius 2 is 1.77 bits per heavy atom. The molecule has 1 aromatic rings. The van der Waals surface area contributed by atoms with E-state index in [9.17, 15) is 29.3 Å². The number of ether oxygens (including phenoxy) is 1. The number of aryl methyl sites for hydroxylation is 1. The molecule has 1 aliphatic carbocycles. The Morgan fingerprint density at radius 3 is 2.33 bits per heavy atom. The molecular formula is C20H21N3O7. The smallest absolute Gasteiger partial charge is 0.326 e. The molecule has 0 aromatic heterocycles. The molecule has 0 spiro atoms. The van der Waals surface area contributed by atoms with Crippen LogP contribution in [-0.4, -0.2) is 46.7 Å². The highest BCUT2D eigenvalue weighted by Crippen LogP contribution is 2.35. The van der Waals surface area contributed by atoms with Crippen molar-refractivity contribution in [2.45, 2.75) is 26.7 Å². The van der Waals surface area contributed by atoms with Crippen LogP contribution in [0.15, 0.2) is 24.3 Å². The summed E-state index contributed by atoms with van der Waals surface area (Å²) in [5.74, 6) is -3.42. The van der Waals surface area contributed by atoms with Gasteiger partial charge >= 0.3 is 5.97 Å². The molecule has 3 rings (SSSR count). The number of nitrogens with zero attached hydrogens (tertiary/aromatic N) is 2. The summed E-state index contributed by atoms with van der Waals surface area (Å²) in [6.07, 6.45) is 4.59. The van der Waals surface area contributed by atoms with Gasteiger partial charge in [-0.3, -0.25) is 34.2 Å². The Labute approximate surface area is 172 Å². The predicted octanol–water partition coefficient (Wildman–Crippen LogP) is 1.64. The largest absolute Gasteiger partial charge is 0.454 e. The van der Waals surface area contributed by atoms with Crippen molar-refractivity contribution in [3.63, 3.8) is 0 Å². The van der Waals surface area contributed by atoms with E-state index in [1.165, 1.54) is 6.07 Å². The van der Waals surface area contributed by atoms with Crippen molar-refractivity contribution >= 4 is 35.1 Å². The van der Waals surface area contributed by atoms with E-state index in [4.69, 9.17) is 4.74 Å². The van der Waals surface area contributed by atoms with Crippen molar-refractivity contribution < 1.29 is 28.8 Å². The maximum atomic E-state index is 12.4. The van der Waals surface area contributed by atoms with Crippen molar-refractivity contribution in [3.05, 3.63) is 45.5 Å². The minimum atomic E-state index is -0.908. The zero-order valence-electron chi connectivity index (χ0n) is 16.5. The Hall–Kier alpha value is -3.56. The van der Waals surface area contributed by atoms with Gasteiger partial charge in [0.25, 0.3) is 11.6 Å². The fraction of sp³-hybridized carbons (Fsp3) is 0.400. The number of anilines is 1. The van der Waals surface area contributed by atoms with Gasteiger partial charge in [-0.1, -0.05) is 18.2 Å². The maximum Gasteiger partial charge on any atom is 0.326 e. The molecule has 1 fully saturated rings. The van der Waals surface area contributed by atoms with Gasteiger partial charge in [0.05, 0.1) is 16.8 Å². The number of likely N-dealkylation sites (tertiary alicyclic amines) is 1. The Morgan fingerprint density at radius 1 is 1.17 bits per heavy atom. The lowest BCUT2D eigenvalue weighted by Gasteiger charge is -2.14. The van der Waals surface area contributed by atoms with E-state index in [0.717, 1.165) is 10.5 Å². The lowest BCUT2D eigenvalue weighted by atomic mass is 9.85. The topological polar surface area (TPSA) is 136 Å². The van der Waals surface area contributed by atoms with Crippen molar-refractivity contribution in [1.29, 1.82) is 0 Å².